The van der Waals surface area contributed by atoms with E-state index in [1.165, 1.54) is 12.3 Å². The van der Waals surface area contributed by atoms with Crippen LogP contribution >= 0.6 is 0 Å². The van der Waals surface area contributed by atoms with Crippen molar-refractivity contribution in [2.75, 3.05) is 18.5 Å². The number of nitrogens with one attached hydrogen (secondary N) is 1. The number of halogens is 1. The van der Waals surface area contributed by atoms with E-state index in [-0.39, 0.29) is 0 Å². The Morgan fingerprint density at radius 1 is 1.15 bits per heavy atom. The van der Waals surface area contributed by atoms with Gasteiger partial charge in [0, 0.05) is 43.3 Å². The maximum absolute atomic E-state index is 13.1. The molecule has 2 aromatic heterocycles. The first kappa shape index (κ1) is 12.9. The Morgan fingerprint density at radius 3 is 2.75 bits per heavy atom. The van der Waals surface area contributed by atoms with Gasteiger partial charge < -0.3 is 10.1 Å². The summed E-state index contributed by atoms with van der Waals surface area (Å²) in [5.74, 6) is 0.0478. The van der Waals surface area contributed by atoms with Crippen LogP contribution in [0.15, 0.2) is 30.6 Å². The molecule has 0 aromatic carbocycles. The molecule has 1 fully saturated rings. The summed E-state index contributed by atoms with van der Waals surface area (Å²) in [7, 11) is 0. The number of hydrogen-bond donors (Lipinski definition) is 1. The highest BCUT2D eigenvalue weighted by molar-refractivity contribution is 5.59. The van der Waals surface area contributed by atoms with Gasteiger partial charge in [-0.25, -0.2) is 15.0 Å². The van der Waals surface area contributed by atoms with Gasteiger partial charge in [-0.3, -0.25) is 0 Å². The van der Waals surface area contributed by atoms with E-state index in [1.807, 2.05) is 0 Å². The van der Waals surface area contributed by atoms with Crippen molar-refractivity contribution in [3.05, 3.63) is 36.5 Å². The summed E-state index contributed by atoms with van der Waals surface area (Å²) in [6, 6.07) is 5.17. The molecule has 0 bridgehead atoms. The Bertz CT molecular complexity index is 587. The Labute approximate surface area is 116 Å². The van der Waals surface area contributed by atoms with E-state index in [1.54, 1.807) is 18.3 Å². The van der Waals surface area contributed by atoms with Crippen molar-refractivity contribution < 1.29 is 9.13 Å². The predicted molar refractivity (Wildman–Crippen MR) is 72.7 cm³/mol. The SMILES string of the molecule is Fc1cc(-c2ccnc(NC3CCOCC3)n2)ccn1. The van der Waals surface area contributed by atoms with Crippen LogP contribution in [0.25, 0.3) is 11.3 Å². The molecule has 5 nitrogen and oxygen atoms in total. The number of rotatable bonds is 3. The molecule has 1 saturated heterocycles. The summed E-state index contributed by atoms with van der Waals surface area (Å²) in [6.07, 6.45) is 4.98. The average Bonchev–Trinajstić information content (AvgIpc) is 2.49. The van der Waals surface area contributed by atoms with Crippen LogP contribution in [0.5, 0.6) is 0 Å². The van der Waals surface area contributed by atoms with Crippen molar-refractivity contribution in [2.45, 2.75) is 18.9 Å². The number of nitrogens with zero attached hydrogens (tertiary/aromatic N) is 3. The van der Waals surface area contributed by atoms with Crippen LogP contribution in [0, 0.1) is 5.95 Å². The second-order valence-electron chi connectivity index (χ2n) is 4.66. The van der Waals surface area contributed by atoms with Gasteiger partial charge in [-0.15, -0.1) is 0 Å². The third-order valence-corrected chi connectivity index (χ3v) is 3.23. The molecule has 1 aliphatic heterocycles. The Balaban J connectivity index is 1.78. The second kappa shape index (κ2) is 5.92. The fourth-order valence-electron chi connectivity index (χ4n) is 2.18. The minimum atomic E-state index is -0.514. The molecular formula is C14H15FN4O. The molecule has 104 valence electrons. The molecule has 1 aliphatic rings. The van der Waals surface area contributed by atoms with Gasteiger partial charge in [0.15, 0.2) is 0 Å². The van der Waals surface area contributed by atoms with Crippen LogP contribution in [0.2, 0.25) is 0 Å². The van der Waals surface area contributed by atoms with E-state index in [4.69, 9.17) is 4.74 Å². The molecule has 1 N–H and O–H groups in total. The monoisotopic (exact) mass is 274 g/mol. The van der Waals surface area contributed by atoms with Gasteiger partial charge in [0.1, 0.15) is 0 Å². The molecule has 2 aromatic rings. The van der Waals surface area contributed by atoms with E-state index in [0.29, 0.717) is 23.2 Å². The first-order valence-corrected chi connectivity index (χ1v) is 6.60. The molecule has 6 heteroatoms. The smallest absolute Gasteiger partial charge is 0.223 e. The van der Waals surface area contributed by atoms with Gasteiger partial charge in [-0.1, -0.05) is 0 Å². The van der Waals surface area contributed by atoms with E-state index in [9.17, 15) is 4.39 Å². The first-order chi connectivity index (χ1) is 9.81. The Morgan fingerprint density at radius 2 is 1.95 bits per heavy atom. The molecule has 20 heavy (non-hydrogen) atoms. The number of pyridine rings is 1. The Hall–Kier alpha value is -2.08. The molecule has 0 unspecified atom stereocenters. The van der Waals surface area contributed by atoms with E-state index < -0.39 is 5.95 Å². The fraction of sp³-hybridized carbons (Fsp3) is 0.357. The van der Waals surface area contributed by atoms with Crippen molar-refractivity contribution in [3.8, 4) is 11.3 Å². The lowest BCUT2D eigenvalue weighted by molar-refractivity contribution is 0.0903. The van der Waals surface area contributed by atoms with Crippen LogP contribution in [0.4, 0.5) is 10.3 Å². The lowest BCUT2D eigenvalue weighted by atomic mass is 10.1. The van der Waals surface area contributed by atoms with Gasteiger partial charge >= 0.3 is 0 Å². The van der Waals surface area contributed by atoms with Crippen molar-refractivity contribution in [2.24, 2.45) is 0 Å². The summed E-state index contributed by atoms with van der Waals surface area (Å²) < 4.78 is 18.5. The molecular weight excluding hydrogens is 259 g/mol. The van der Waals surface area contributed by atoms with Gasteiger partial charge in [0.05, 0.1) is 5.69 Å². The average molecular weight is 274 g/mol. The molecule has 0 amide bonds. The summed E-state index contributed by atoms with van der Waals surface area (Å²) in [6.45, 7) is 1.51. The maximum atomic E-state index is 13.1. The zero-order valence-electron chi connectivity index (χ0n) is 10.9. The molecule has 0 saturated carbocycles. The number of hydrogen-bond acceptors (Lipinski definition) is 5. The highest BCUT2D eigenvalue weighted by Gasteiger charge is 2.14. The maximum Gasteiger partial charge on any atom is 0.223 e. The molecule has 3 heterocycles. The number of aromatic nitrogens is 3. The fourth-order valence-corrected chi connectivity index (χ4v) is 2.18. The second-order valence-corrected chi connectivity index (χ2v) is 4.66. The summed E-state index contributed by atoms with van der Waals surface area (Å²) >= 11 is 0. The van der Waals surface area contributed by atoms with Crippen LogP contribution < -0.4 is 5.32 Å². The zero-order chi connectivity index (χ0) is 13.8. The number of anilines is 1. The highest BCUT2D eigenvalue weighted by atomic mass is 19.1. The van der Waals surface area contributed by atoms with Crippen molar-refractivity contribution in [1.82, 2.24) is 15.0 Å². The molecule has 0 atom stereocenters. The minimum Gasteiger partial charge on any atom is -0.381 e. The summed E-state index contributed by atoms with van der Waals surface area (Å²) in [4.78, 5) is 12.2. The summed E-state index contributed by atoms with van der Waals surface area (Å²) in [5, 5.41) is 3.29. The number of ether oxygens (including phenoxy) is 1. The van der Waals surface area contributed by atoms with E-state index in [2.05, 4.69) is 20.3 Å². The molecule has 0 spiro atoms. The molecule has 0 aliphatic carbocycles. The lowest BCUT2D eigenvalue weighted by Gasteiger charge is -2.23. The lowest BCUT2D eigenvalue weighted by Crippen LogP contribution is -2.28. The zero-order valence-corrected chi connectivity index (χ0v) is 10.9. The summed E-state index contributed by atoms with van der Waals surface area (Å²) in [5.41, 5.74) is 1.37. The Kier molecular flexibility index (Phi) is 3.83. The van der Waals surface area contributed by atoms with Crippen LogP contribution in [0.3, 0.4) is 0 Å². The van der Waals surface area contributed by atoms with Gasteiger partial charge in [-0.05, 0) is 25.0 Å². The van der Waals surface area contributed by atoms with Crippen molar-refractivity contribution in [1.29, 1.82) is 0 Å². The van der Waals surface area contributed by atoms with E-state index in [0.717, 1.165) is 26.1 Å². The van der Waals surface area contributed by atoms with Gasteiger partial charge in [0.2, 0.25) is 11.9 Å². The molecule has 3 rings (SSSR count). The molecule has 0 radical (unpaired) electrons. The standard InChI is InChI=1S/C14H15FN4O/c15-13-9-10(1-5-16-13)12-2-6-17-14(19-12)18-11-3-7-20-8-4-11/h1-2,5-6,9,11H,3-4,7-8H2,(H,17,18,19). The predicted octanol–water partition coefficient (Wildman–Crippen LogP) is 2.27. The van der Waals surface area contributed by atoms with E-state index >= 15 is 0 Å². The van der Waals surface area contributed by atoms with Crippen LogP contribution in [-0.4, -0.2) is 34.2 Å². The van der Waals surface area contributed by atoms with Gasteiger partial charge in [0.25, 0.3) is 0 Å². The van der Waals surface area contributed by atoms with Crippen LogP contribution in [-0.2, 0) is 4.74 Å². The topological polar surface area (TPSA) is 59.9 Å². The van der Waals surface area contributed by atoms with Crippen molar-refractivity contribution >= 4 is 5.95 Å². The highest BCUT2D eigenvalue weighted by Crippen LogP contribution is 2.18. The first-order valence-electron chi connectivity index (χ1n) is 6.60. The normalized spacial score (nSPS) is 16.1. The quantitative estimate of drug-likeness (QED) is 0.870. The largest absolute Gasteiger partial charge is 0.381 e. The van der Waals surface area contributed by atoms with Crippen molar-refractivity contribution in [3.63, 3.8) is 0 Å². The third-order valence-electron chi connectivity index (χ3n) is 3.23. The minimum absolute atomic E-state index is 0.327. The van der Waals surface area contributed by atoms with Crippen LogP contribution in [0.1, 0.15) is 12.8 Å². The third kappa shape index (κ3) is 3.08. The van der Waals surface area contributed by atoms with Gasteiger partial charge in [-0.2, -0.15) is 4.39 Å².